The number of nitro groups is 1. The lowest BCUT2D eigenvalue weighted by Crippen LogP contribution is -2.28. The van der Waals surface area contributed by atoms with Gasteiger partial charge in [-0.25, -0.2) is 13.1 Å². The largest absolute Gasteiger partial charge is 0.481 e. The second-order valence-electron chi connectivity index (χ2n) is 10.5. The predicted octanol–water partition coefficient (Wildman–Crippen LogP) is 5.80. The van der Waals surface area contributed by atoms with Crippen molar-refractivity contribution in [2.24, 2.45) is 0 Å². The van der Waals surface area contributed by atoms with Crippen molar-refractivity contribution >= 4 is 32.6 Å². The van der Waals surface area contributed by atoms with E-state index >= 15 is 0 Å². The third kappa shape index (κ3) is 5.57. The van der Waals surface area contributed by atoms with Gasteiger partial charge in [0, 0.05) is 29.6 Å². The van der Waals surface area contributed by atoms with Crippen molar-refractivity contribution in [3.8, 4) is 11.3 Å². The summed E-state index contributed by atoms with van der Waals surface area (Å²) in [6.45, 7) is 9.27. The van der Waals surface area contributed by atoms with E-state index in [4.69, 9.17) is 0 Å². The molecule has 0 aliphatic heterocycles. The molecule has 3 N–H and O–H groups in total. The second-order valence-corrected chi connectivity index (χ2v) is 12.3. The minimum atomic E-state index is -3.94. The Morgan fingerprint density at radius 1 is 1.05 bits per heavy atom. The molecule has 0 spiro atoms. The maximum atomic E-state index is 13.0. The molecular weight excluding hydrogens is 518 g/mol. The minimum Gasteiger partial charge on any atom is -0.481 e. The Balaban J connectivity index is 1.78. The molecular formula is C29H31N3O6S. The number of benzene rings is 3. The summed E-state index contributed by atoms with van der Waals surface area (Å²) in [4.78, 5) is 25.7. The summed E-state index contributed by atoms with van der Waals surface area (Å²) in [5.41, 5.74) is 4.93. The summed E-state index contributed by atoms with van der Waals surface area (Å²) in [7, 11) is -3.94. The number of H-pyrrole nitrogens is 1. The summed E-state index contributed by atoms with van der Waals surface area (Å²) < 4.78 is 28.6. The van der Waals surface area contributed by atoms with E-state index < -0.39 is 26.3 Å². The molecule has 10 heteroatoms. The van der Waals surface area contributed by atoms with Crippen LogP contribution in [-0.4, -0.2) is 35.9 Å². The van der Waals surface area contributed by atoms with Crippen LogP contribution in [0.2, 0.25) is 0 Å². The van der Waals surface area contributed by atoms with E-state index in [2.05, 4.69) is 27.9 Å². The second kappa shape index (κ2) is 10.3. The smallest absolute Gasteiger partial charge is 0.313 e. The number of carboxylic acid groups (broad SMARTS) is 1. The summed E-state index contributed by atoms with van der Waals surface area (Å²) in [5, 5.41) is 21.5. The van der Waals surface area contributed by atoms with Gasteiger partial charge >= 0.3 is 5.97 Å². The van der Waals surface area contributed by atoms with Gasteiger partial charge in [0.2, 0.25) is 10.0 Å². The molecule has 9 nitrogen and oxygen atoms in total. The van der Waals surface area contributed by atoms with Crippen molar-refractivity contribution < 1.29 is 23.2 Å². The van der Waals surface area contributed by atoms with E-state index in [0.29, 0.717) is 5.56 Å². The summed E-state index contributed by atoms with van der Waals surface area (Å²) in [5.74, 6) is -1.26. The summed E-state index contributed by atoms with van der Waals surface area (Å²) >= 11 is 0. The third-order valence-electron chi connectivity index (χ3n) is 7.04. The average Bonchev–Trinajstić information content (AvgIpc) is 3.26. The van der Waals surface area contributed by atoms with Gasteiger partial charge < -0.3 is 10.1 Å². The average molecular weight is 550 g/mol. The lowest BCUT2D eigenvalue weighted by Gasteiger charge is -2.20. The standard InChI is InChI=1S/C29H31N3O6S/c1-17-12-18(2)14-20(13-17)27-26(24-15-21(6-11-25(24)31-27)29(4,5)28(33)34)19(3)16-30-39(37,38)23-9-7-22(8-10-23)32(35)36/h6-15,19,30-31H,16H2,1-5H3,(H,33,34). The molecule has 0 saturated heterocycles. The molecule has 4 aromatic rings. The summed E-state index contributed by atoms with van der Waals surface area (Å²) in [6, 6.07) is 16.4. The van der Waals surface area contributed by atoms with Crippen LogP contribution in [0.3, 0.4) is 0 Å². The van der Waals surface area contributed by atoms with Gasteiger partial charge in [0.25, 0.3) is 5.69 Å². The van der Waals surface area contributed by atoms with Crippen LogP contribution < -0.4 is 4.72 Å². The molecule has 0 aliphatic carbocycles. The van der Waals surface area contributed by atoms with Gasteiger partial charge in [-0.05, 0) is 86.7 Å². The van der Waals surface area contributed by atoms with E-state index in [9.17, 15) is 28.4 Å². The number of hydrogen-bond acceptors (Lipinski definition) is 5. The minimum absolute atomic E-state index is 0.0522. The summed E-state index contributed by atoms with van der Waals surface area (Å²) in [6.07, 6.45) is 0. The zero-order valence-corrected chi connectivity index (χ0v) is 23.2. The van der Waals surface area contributed by atoms with Gasteiger partial charge in [0.1, 0.15) is 0 Å². The first kappa shape index (κ1) is 28.0. The predicted molar refractivity (Wildman–Crippen MR) is 151 cm³/mol. The van der Waals surface area contributed by atoms with Crippen molar-refractivity contribution in [3.63, 3.8) is 0 Å². The topological polar surface area (TPSA) is 142 Å². The zero-order chi connectivity index (χ0) is 28.7. The fourth-order valence-corrected chi connectivity index (χ4v) is 5.88. The molecule has 1 unspecified atom stereocenters. The molecule has 0 aliphatic rings. The Bertz CT molecular complexity index is 1670. The molecule has 0 fully saturated rings. The number of aromatic nitrogens is 1. The van der Waals surface area contributed by atoms with Crippen molar-refractivity contribution in [2.75, 3.05) is 6.54 Å². The molecule has 1 heterocycles. The number of nitrogens with one attached hydrogen (secondary N) is 2. The van der Waals surface area contributed by atoms with Gasteiger partial charge in [0.05, 0.1) is 20.9 Å². The normalized spacial score (nSPS) is 12.9. The lowest BCUT2D eigenvalue weighted by atomic mass is 9.83. The molecule has 1 aromatic heterocycles. The van der Waals surface area contributed by atoms with Crippen LogP contribution in [0.4, 0.5) is 5.69 Å². The van der Waals surface area contributed by atoms with Gasteiger partial charge in [-0.3, -0.25) is 14.9 Å². The number of sulfonamides is 1. The molecule has 39 heavy (non-hydrogen) atoms. The van der Waals surface area contributed by atoms with Crippen LogP contribution in [0, 0.1) is 24.0 Å². The van der Waals surface area contributed by atoms with Crippen LogP contribution in [0.25, 0.3) is 22.2 Å². The van der Waals surface area contributed by atoms with Crippen molar-refractivity contribution in [2.45, 2.75) is 50.8 Å². The quantitative estimate of drug-likeness (QED) is 0.178. The Kier molecular flexibility index (Phi) is 7.38. The lowest BCUT2D eigenvalue weighted by molar-refractivity contribution is -0.384. The van der Waals surface area contributed by atoms with Crippen LogP contribution in [-0.2, 0) is 20.2 Å². The first-order valence-corrected chi connectivity index (χ1v) is 13.9. The number of non-ortho nitro benzene ring substituents is 1. The molecule has 1 atom stereocenters. The number of rotatable bonds is 9. The Hall–Kier alpha value is -4.02. The molecule has 0 amide bonds. The van der Waals surface area contributed by atoms with Crippen LogP contribution in [0.1, 0.15) is 48.9 Å². The number of nitro benzene ring substituents is 1. The molecule has 204 valence electrons. The van der Waals surface area contributed by atoms with Crippen LogP contribution in [0.5, 0.6) is 0 Å². The first-order chi connectivity index (χ1) is 18.2. The highest BCUT2D eigenvalue weighted by atomic mass is 32.2. The van der Waals surface area contributed by atoms with Gasteiger partial charge in [-0.2, -0.15) is 0 Å². The van der Waals surface area contributed by atoms with Crippen LogP contribution >= 0.6 is 0 Å². The maximum Gasteiger partial charge on any atom is 0.313 e. The fourth-order valence-electron chi connectivity index (χ4n) is 4.75. The number of fused-ring (bicyclic) bond motifs is 1. The van der Waals surface area contributed by atoms with Crippen LogP contribution in [0.15, 0.2) is 65.6 Å². The number of aryl methyl sites for hydroxylation is 2. The van der Waals surface area contributed by atoms with Crippen molar-refractivity contribution in [1.29, 1.82) is 0 Å². The van der Waals surface area contributed by atoms with E-state index in [1.54, 1.807) is 19.9 Å². The van der Waals surface area contributed by atoms with E-state index in [1.165, 1.54) is 12.1 Å². The maximum absolute atomic E-state index is 13.0. The highest BCUT2D eigenvalue weighted by Crippen LogP contribution is 2.38. The molecule has 0 saturated carbocycles. The number of aliphatic carboxylic acids is 1. The van der Waals surface area contributed by atoms with E-state index in [0.717, 1.165) is 51.0 Å². The Labute approximate surface area is 227 Å². The van der Waals surface area contributed by atoms with E-state index in [1.807, 2.05) is 32.9 Å². The Morgan fingerprint density at radius 3 is 2.23 bits per heavy atom. The molecule has 3 aromatic carbocycles. The highest BCUT2D eigenvalue weighted by molar-refractivity contribution is 7.89. The number of aromatic amines is 1. The zero-order valence-electron chi connectivity index (χ0n) is 22.4. The fraction of sp³-hybridized carbons (Fsp3) is 0.276. The molecule has 0 bridgehead atoms. The van der Waals surface area contributed by atoms with E-state index in [-0.39, 0.29) is 23.0 Å². The number of hydrogen-bond donors (Lipinski definition) is 3. The molecule has 4 rings (SSSR count). The number of carbonyl (C=O) groups is 1. The number of carboxylic acids is 1. The molecule has 0 radical (unpaired) electrons. The third-order valence-corrected chi connectivity index (χ3v) is 8.48. The van der Waals surface area contributed by atoms with Crippen molar-refractivity contribution in [1.82, 2.24) is 9.71 Å². The first-order valence-electron chi connectivity index (χ1n) is 12.4. The highest BCUT2D eigenvalue weighted by Gasteiger charge is 2.31. The van der Waals surface area contributed by atoms with Crippen molar-refractivity contribution in [3.05, 3.63) is 93.0 Å². The SMILES string of the molecule is Cc1cc(C)cc(-c2[nH]c3ccc(C(C)(C)C(=O)O)cc3c2C(C)CNS(=O)(=O)c2ccc([N+](=O)[O-])cc2)c1. The number of nitrogens with zero attached hydrogens (tertiary/aromatic N) is 1. The van der Waals surface area contributed by atoms with Gasteiger partial charge in [-0.15, -0.1) is 0 Å². The van der Waals surface area contributed by atoms with Gasteiger partial charge in [0.15, 0.2) is 0 Å². The Morgan fingerprint density at radius 2 is 1.67 bits per heavy atom. The van der Waals surface area contributed by atoms with Gasteiger partial charge in [-0.1, -0.05) is 30.2 Å². The monoisotopic (exact) mass is 549 g/mol.